The fraction of sp³-hybridized carbons (Fsp3) is 0.217. The second kappa shape index (κ2) is 7.30. The zero-order valence-electron chi connectivity index (χ0n) is 16.3. The van der Waals surface area contributed by atoms with Crippen molar-refractivity contribution in [1.82, 2.24) is 4.98 Å². The van der Waals surface area contributed by atoms with Gasteiger partial charge in [0.2, 0.25) is 0 Å². The van der Waals surface area contributed by atoms with E-state index in [0.717, 1.165) is 23.4 Å². The van der Waals surface area contributed by atoms with Crippen LogP contribution in [0.1, 0.15) is 17.0 Å². The maximum absolute atomic E-state index is 13.1. The van der Waals surface area contributed by atoms with Crippen LogP contribution in [0, 0.1) is 5.92 Å². The van der Waals surface area contributed by atoms with Crippen LogP contribution < -0.4 is 14.8 Å². The molecular weight excluding hydrogens is 407 g/mol. The first-order valence-corrected chi connectivity index (χ1v) is 9.74. The molecule has 8 heteroatoms. The summed E-state index contributed by atoms with van der Waals surface area (Å²) in [4.78, 5) is 7.79. The zero-order valence-corrected chi connectivity index (χ0v) is 16.3. The first kappa shape index (κ1) is 19.4. The first-order valence-electron chi connectivity index (χ1n) is 9.74. The van der Waals surface area contributed by atoms with Gasteiger partial charge >= 0.3 is 6.18 Å². The van der Waals surface area contributed by atoms with E-state index in [2.05, 4.69) is 22.0 Å². The molecule has 1 aliphatic carbocycles. The minimum absolute atomic E-state index is 0.00427. The highest BCUT2D eigenvalue weighted by atomic mass is 19.4. The Balaban J connectivity index is 1.29. The number of pyridine rings is 1. The van der Waals surface area contributed by atoms with Crippen LogP contribution in [0.3, 0.4) is 0 Å². The van der Waals surface area contributed by atoms with Gasteiger partial charge in [-0.25, -0.2) is 0 Å². The summed E-state index contributed by atoms with van der Waals surface area (Å²) in [5.41, 5.74) is 1.02. The Morgan fingerprint density at radius 2 is 1.87 bits per heavy atom. The zero-order chi connectivity index (χ0) is 21.6. The molecule has 5 rings (SSSR count). The van der Waals surface area contributed by atoms with Gasteiger partial charge in [0, 0.05) is 36.3 Å². The molecule has 2 aromatic carbocycles. The average molecular weight is 425 g/mol. The molecule has 1 N–H and O–H groups in total. The Morgan fingerprint density at radius 3 is 2.61 bits per heavy atom. The number of anilines is 1. The van der Waals surface area contributed by atoms with Gasteiger partial charge in [-0.2, -0.15) is 13.2 Å². The number of hydrogen-bond acceptors (Lipinski definition) is 5. The molecule has 1 aliphatic heterocycles. The van der Waals surface area contributed by atoms with Gasteiger partial charge in [-0.05, 0) is 55.2 Å². The summed E-state index contributed by atoms with van der Waals surface area (Å²) >= 11 is 0. The van der Waals surface area contributed by atoms with Crippen molar-refractivity contribution in [2.45, 2.75) is 18.2 Å². The fourth-order valence-corrected chi connectivity index (χ4v) is 4.02. The van der Waals surface area contributed by atoms with Crippen molar-refractivity contribution < 1.29 is 22.6 Å². The van der Waals surface area contributed by atoms with Gasteiger partial charge in [0.15, 0.2) is 0 Å². The van der Waals surface area contributed by atoms with Gasteiger partial charge in [0.25, 0.3) is 0 Å². The Hall–Kier alpha value is -3.55. The first-order chi connectivity index (χ1) is 14.9. The van der Waals surface area contributed by atoms with E-state index < -0.39 is 11.7 Å². The van der Waals surface area contributed by atoms with Gasteiger partial charge in [-0.15, -0.1) is 0 Å². The maximum atomic E-state index is 13.1. The molecule has 2 heterocycles. The molecule has 0 radical (unpaired) electrons. The number of aromatic nitrogens is 1. The van der Waals surface area contributed by atoms with Crippen LogP contribution in [-0.2, 0) is 6.18 Å². The molecule has 2 aliphatic rings. The summed E-state index contributed by atoms with van der Waals surface area (Å²) in [7, 11) is 0. The van der Waals surface area contributed by atoms with Crippen LogP contribution in [0.15, 0.2) is 65.9 Å². The molecular formula is C23H18F3N3O2. The normalized spacial score (nSPS) is 20.9. The van der Waals surface area contributed by atoms with Crippen molar-refractivity contribution in [2.24, 2.45) is 10.9 Å². The highest BCUT2D eigenvalue weighted by molar-refractivity contribution is 5.69. The highest BCUT2D eigenvalue weighted by Crippen LogP contribution is 2.59. The van der Waals surface area contributed by atoms with Crippen LogP contribution in [-0.4, -0.2) is 24.4 Å². The molecule has 31 heavy (non-hydrogen) atoms. The number of nitrogens with one attached hydrogen (secondary N) is 1. The minimum Gasteiger partial charge on any atom is -0.489 e. The standard InChI is InChI=1S/C23H18F3N3O2/c1-27-18-4-2-13(23(24,25)26)10-19(18)29-12-17-21-16-11-15(3-5-20(16)31-22(17)21)30-14-6-8-28-9-7-14/h2-11,17,21-22,29H,1,12H2. The smallest absolute Gasteiger partial charge is 0.416 e. The molecule has 1 saturated carbocycles. The Morgan fingerprint density at radius 1 is 1.06 bits per heavy atom. The molecule has 1 fully saturated rings. The van der Waals surface area contributed by atoms with Gasteiger partial charge in [-0.1, -0.05) is 0 Å². The predicted molar refractivity (Wildman–Crippen MR) is 111 cm³/mol. The van der Waals surface area contributed by atoms with E-state index in [1.54, 1.807) is 24.5 Å². The Bertz CT molecular complexity index is 1130. The van der Waals surface area contributed by atoms with Gasteiger partial charge < -0.3 is 14.8 Å². The second-order valence-corrected chi connectivity index (χ2v) is 7.53. The third-order valence-electron chi connectivity index (χ3n) is 5.61. The van der Waals surface area contributed by atoms with Crippen molar-refractivity contribution in [1.29, 1.82) is 0 Å². The number of benzene rings is 2. The third-order valence-corrected chi connectivity index (χ3v) is 5.61. The van der Waals surface area contributed by atoms with Gasteiger partial charge in [0.05, 0.1) is 16.9 Å². The van der Waals surface area contributed by atoms with Gasteiger partial charge in [-0.3, -0.25) is 9.98 Å². The maximum Gasteiger partial charge on any atom is 0.416 e. The Kier molecular flexibility index (Phi) is 4.57. The van der Waals surface area contributed by atoms with Crippen LogP contribution in [0.5, 0.6) is 17.2 Å². The molecule has 1 aromatic heterocycles. The molecule has 0 bridgehead atoms. The third kappa shape index (κ3) is 3.69. The molecule has 0 spiro atoms. The molecule has 0 saturated heterocycles. The van der Waals surface area contributed by atoms with Crippen molar-refractivity contribution in [3.8, 4) is 17.2 Å². The number of aliphatic imine (C=N–C) groups is 1. The fourth-order valence-electron chi connectivity index (χ4n) is 4.02. The summed E-state index contributed by atoms with van der Waals surface area (Å²) in [5.74, 6) is 2.53. The van der Waals surface area contributed by atoms with E-state index in [-0.39, 0.29) is 17.9 Å². The number of ether oxygens (including phenoxy) is 2. The predicted octanol–water partition coefficient (Wildman–Crippen LogP) is 5.81. The summed E-state index contributed by atoms with van der Waals surface area (Å²) < 4.78 is 51.0. The van der Waals surface area contributed by atoms with Crippen molar-refractivity contribution in [3.05, 3.63) is 72.1 Å². The van der Waals surface area contributed by atoms with Crippen LogP contribution in [0.2, 0.25) is 0 Å². The lowest BCUT2D eigenvalue weighted by molar-refractivity contribution is -0.137. The van der Waals surface area contributed by atoms with Crippen LogP contribution >= 0.6 is 0 Å². The number of alkyl halides is 3. The van der Waals surface area contributed by atoms with Crippen molar-refractivity contribution in [2.75, 3.05) is 11.9 Å². The lowest BCUT2D eigenvalue weighted by Crippen LogP contribution is -2.12. The Labute approximate surface area is 176 Å². The molecule has 3 atom stereocenters. The van der Waals surface area contributed by atoms with E-state index in [0.29, 0.717) is 29.4 Å². The van der Waals surface area contributed by atoms with Crippen molar-refractivity contribution in [3.63, 3.8) is 0 Å². The molecule has 0 amide bonds. The van der Waals surface area contributed by atoms with Crippen molar-refractivity contribution >= 4 is 18.1 Å². The van der Waals surface area contributed by atoms with E-state index in [1.165, 1.54) is 6.07 Å². The highest BCUT2D eigenvalue weighted by Gasteiger charge is 2.58. The number of hydrogen-bond donors (Lipinski definition) is 1. The topological polar surface area (TPSA) is 55.7 Å². The van der Waals surface area contributed by atoms with E-state index in [1.807, 2.05) is 18.2 Å². The lowest BCUT2D eigenvalue weighted by atomic mass is 10.1. The number of fused-ring (bicyclic) bond motifs is 3. The molecule has 158 valence electrons. The van der Waals surface area contributed by atoms with E-state index in [4.69, 9.17) is 9.47 Å². The van der Waals surface area contributed by atoms with E-state index >= 15 is 0 Å². The van der Waals surface area contributed by atoms with Crippen LogP contribution in [0.4, 0.5) is 24.5 Å². The summed E-state index contributed by atoms with van der Waals surface area (Å²) in [6.07, 6.45) is -1.10. The van der Waals surface area contributed by atoms with E-state index in [9.17, 15) is 13.2 Å². The monoisotopic (exact) mass is 425 g/mol. The lowest BCUT2D eigenvalue weighted by Gasteiger charge is -2.14. The van der Waals surface area contributed by atoms with Crippen LogP contribution in [0.25, 0.3) is 0 Å². The number of rotatable bonds is 6. The second-order valence-electron chi connectivity index (χ2n) is 7.53. The summed E-state index contributed by atoms with van der Waals surface area (Å²) in [5, 5.41) is 3.10. The summed E-state index contributed by atoms with van der Waals surface area (Å²) in [6.45, 7) is 3.91. The average Bonchev–Trinajstić information content (AvgIpc) is 3.31. The molecule has 3 unspecified atom stereocenters. The largest absolute Gasteiger partial charge is 0.489 e. The molecule has 3 aromatic rings. The summed E-state index contributed by atoms with van der Waals surface area (Å²) in [6, 6.07) is 12.6. The quantitative estimate of drug-likeness (QED) is 0.507. The van der Waals surface area contributed by atoms with Gasteiger partial charge in [0.1, 0.15) is 23.4 Å². The number of halogens is 3. The molecule has 5 nitrogen and oxygen atoms in total. The number of nitrogens with zero attached hydrogens (tertiary/aromatic N) is 2. The minimum atomic E-state index is -4.42. The SMILES string of the molecule is C=Nc1ccc(C(F)(F)F)cc1NCC1C2Oc3ccc(Oc4ccncc4)cc3C12.